The smallest absolute Gasteiger partial charge is 0.246 e. The molecule has 3 aromatic rings. The molecule has 0 N–H and O–H groups in total. The van der Waals surface area contributed by atoms with Gasteiger partial charge in [-0.2, -0.15) is 4.80 Å². The summed E-state index contributed by atoms with van der Waals surface area (Å²) >= 11 is 6.20. The molecule has 0 radical (unpaired) electrons. The molecule has 0 unspecified atom stereocenters. The summed E-state index contributed by atoms with van der Waals surface area (Å²) in [5.41, 5.74) is 1.79. The van der Waals surface area contributed by atoms with Crippen LogP contribution in [0.5, 0.6) is 0 Å². The molecule has 190 valence electrons. The summed E-state index contributed by atoms with van der Waals surface area (Å²) in [7, 11) is 0. The number of rotatable bonds is 7. The Morgan fingerprint density at radius 2 is 1.92 bits per heavy atom. The first kappa shape index (κ1) is 24.5. The van der Waals surface area contributed by atoms with Crippen molar-refractivity contribution in [2.45, 2.75) is 38.8 Å². The van der Waals surface area contributed by atoms with E-state index < -0.39 is 0 Å². The molecule has 12 heteroatoms. The fourth-order valence-corrected chi connectivity index (χ4v) is 4.67. The highest BCUT2D eigenvalue weighted by molar-refractivity contribution is 6.30. The zero-order chi connectivity index (χ0) is 24.9. The van der Waals surface area contributed by atoms with Crippen molar-refractivity contribution in [2.75, 3.05) is 39.4 Å². The van der Waals surface area contributed by atoms with Crippen LogP contribution >= 0.6 is 11.6 Å². The molecular formula is C24H29ClN8O3. The van der Waals surface area contributed by atoms with Gasteiger partial charge in [0.15, 0.2) is 5.82 Å². The summed E-state index contributed by atoms with van der Waals surface area (Å²) in [6.45, 7) is 7.36. The van der Waals surface area contributed by atoms with Crippen LogP contribution in [0.4, 0.5) is 0 Å². The third-order valence-electron chi connectivity index (χ3n) is 6.48. The fraction of sp³-hybridized carbons (Fsp3) is 0.500. The van der Waals surface area contributed by atoms with Crippen molar-refractivity contribution in [3.63, 3.8) is 0 Å². The van der Waals surface area contributed by atoms with E-state index in [0.29, 0.717) is 48.8 Å². The zero-order valence-corrected chi connectivity index (χ0v) is 21.0. The van der Waals surface area contributed by atoms with Crippen LogP contribution in [-0.2, 0) is 22.6 Å². The maximum atomic E-state index is 12.9. The minimum Gasteiger partial charge on any atom is -0.424 e. The third-order valence-corrected chi connectivity index (χ3v) is 6.71. The Morgan fingerprint density at radius 3 is 2.67 bits per heavy atom. The van der Waals surface area contributed by atoms with Gasteiger partial charge >= 0.3 is 0 Å². The van der Waals surface area contributed by atoms with Crippen LogP contribution in [0.25, 0.3) is 6.08 Å². The minimum absolute atomic E-state index is 0.0254. The fourth-order valence-electron chi connectivity index (χ4n) is 4.48. The van der Waals surface area contributed by atoms with E-state index in [-0.39, 0.29) is 11.8 Å². The van der Waals surface area contributed by atoms with E-state index in [1.54, 1.807) is 19.1 Å². The summed E-state index contributed by atoms with van der Waals surface area (Å²) < 4.78 is 11.3. The predicted octanol–water partition coefficient (Wildman–Crippen LogP) is 2.32. The molecule has 2 aromatic heterocycles. The molecule has 11 nitrogen and oxygen atoms in total. The van der Waals surface area contributed by atoms with Crippen LogP contribution in [0.3, 0.4) is 0 Å². The van der Waals surface area contributed by atoms with E-state index in [9.17, 15) is 4.79 Å². The number of tetrazole rings is 1. The Kier molecular flexibility index (Phi) is 7.69. The second-order valence-electron chi connectivity index (χ2n) is 9.07. The molecule has 1 aromatic carbocycles. The molecule has 5 rings (SSSR count). The lowest BCUT2D eigenvalue weighted by molar-refractivity contribution is -0.127. The average Bonchev–Trinajstić information content (AvgIpc) is 3.53. The Labute approximate surface area is 214 Å². The van der Waals surface area contributed by atoms with Crippen molar-refractivity contribution in [1.82, 2.24) is 40.2 Å². The van der Waals surface area contributed by atoms with Crippen LogP contribution in [-0.4, -0.2) is 85.5 Å². The highest BCUT2D eigenvalue weighted by Gasteiger charge is 2.27. The highest BCUT2D eigenvalue weighted by atomic mass is 35.5. The van der Waals surface area contributed by atoms with E-state index in [1.165, 1.54) is 4.80 Å². The second kappa shape index (κ2) is 11.3. The monoisotopic (exact) mass is 512 g/mol. The van der Waals surface area contributed by atoms with Gasteiger partial charge in [-0.25, -0.2) is 0 Å². The summed E-state index contributed by atoms with van der Waals surface area (Å²) in [5.74, 6) is 2.06. The number of nitrogens with zero attached hydrogens (tertiary/aromatic N) is 8. The topological polar surface area (TPSA) is 115 Å². The van der Waals surface area contributed by atoms with Crippen LogP contribution in [0.15, 0.2) is 28.7 Å². The van der Waals surface area contributed by atoms with E-state index in [1.807, 2.05) is 23.1 Å². The van der Waals surface area contributed by atoms with E-state index in [2.05, 4.69) is 30.5 Å². The van der Waals surface area contributed by atoms with Gasteiger partial charge in [-0.3, -0.25) is 9.69 Å². The normalized spacial score (nSPS) is 17.8. The Morgan fingerprint density at radius 1 is 1.11 bits per heavy atom. The number of benzene rings is 1. The largest absolute Gasteiger partial charge is 0.424 e. The van der Waals surface area contributed by atoms with Gasteiger partial charge in [-0.05, 0) is 54.3 Å². The Bertz CT molecular complexity index is 1210. The molecule has 2 aliphatic rings. The first-order chi connectivity index (χ1) is 17.5. The maximum absolute atomic E-state index is 12.9. The first-order valence-corrected chi connectivity index (χ1v) is 12.5. The van der Waals surface area contributed by atoms with Crippen LogP contribution in [0.1, 0.15) is 47.5 Å². The van der Waals surface area contributed by atoms with Gasteiger partial charge in [0.25, 0.3) is 0 Å². The number of ether oxygens (including phenoxy) is 1. The van der Waals surface area contributed by atoms with Gasteiger partial charge in [0.2, 0.25) is 17.7 Å². The molecule has 0 atom stereocenters. The Balaban J connectivity index is 1.16. The lowest BCUT2D eigenvalue weighted by Gasteiger charge is -2.29. The standard InChI is InChI=1S/C24H29ClN8O3/c1-17-26-30-33(29-17)15-20-14-21(25)4-2-18(20)3-5-23(34)32-8-6-19(7-9-32)24-28-27-22(36-24)16-31-10-12-35-13-11-31/h2-5,14,19H,6-13,15-16H2,1H3/b5-3+. The molecule has 1 amide bonds. The highest BCUT2D eigenvalue weighted by Crippen LogP contribution is 2.27. The SMILES string of the molecule is Cc1nnn(Cc2cc(Cl)ccc2/C=C/C(=O)N2CCC(c3nnc(CN4CCOCC4)o3)CC2)n1. The number of aryl methyl sites for hydroxylation is 1. The maximum Gasteiger partial charge on any atom is 0.246 e. The van der Waals surface area contributed by atoms with Crippen LogP contribution in [0.2, 0.25) is 5.02 Å². The van der Waals surface area contributed by atoms with Crippen molar-refractivity contribution >= 4 is 23.6 Å². The number of amides is 1. The number of hydrogen-bond donors (Lipinski definition) is 0. The first-order valence-electron chi connectivity index (χ1n) is 12.2. The third kappa shape index (κ3) is 6.15. The molecule has 0 saturated carbocycles. The molecule has 2 saturated heterocycles. The van der Waals surface area contributed by atoms with E-state index in [0.717, 1.165) is 50.3 Å². The quantitative estimate of drug-likeness (QED) is 0.440. The van der Waals surface area contributed by atoms with Crippen molar-refractivity contribution < 1.29 is 13.9 Å². The number of halogens is 1. The van der Waals surface area contributed by atoms with Crippen molar-refractivity contribution in [3.8, 4) is 0 Å². The van der Waals surface area contributed by atoms with Crippen LogP contribution < -0.4 is 0 Å². The number of carbonyl (C=O) groups is 1. The van der Waals surface area contributed by atoms with Gasteiger partial charge in [0.05, 0.1) is 26.3 Å². The molecule has 0 spiro atoms. The summed E-state index contributed by atoms with van der Waals surface area (Å²) in [6.07, 6.45) is 5.02. The molecule has 2 aliphatic heterocycles. The number of likely N-dealkylation sites (tertiary alicyclic amines) is 1. The van der Waals surface area contributed by atoms with E-state index >= 15 is 0 Å². The second-order valence-corrected chi connectivity index (χ2v) is 9.50. The summed E-state index contributed by atoms with van der Waals surface area (Å²) in [4.78, 5) is 18.5. The predicted molar refractivity (Wildman–Crippen MR) is 131 cm³/mol. The molecule has 2 fully saturated rings. The molecular weight excluding hydrogens is 484 g/mol. The molecule has 0 bridgehead atoms. The van der Waals surface area contributed by atoms with Gasteiger partial charge in [0, 0.05) is 43.2 Å². The van der Waals surface area contributed by atoms with Crippen molar-refractivity contribution in [3.05, 3.63) is 58.0 Å². The average molecular weight is 513 g/mol. The number of piperidine rings is 1. The lowest BCUT2D eigenvalue weighted by Crippen LogP contribution is -2.37. The van der Waals surface area contributed by atoms with Crippen molar-refractivity contribution in [2.24, 2.45) is 0 Å². The number of carbonyl (C=O) groups excluding carboxylic acids is 1. The van der Waals surface area contributed by atoms with E-state index in [4.69, 9.17) is 20.8 Å². The number of hydrogen-bond acceptors (Lipinski definition) is 9. The minimum atomic E-state index is -0.0254. The Hall–Kier alpha value is -3.15. The lowest BCUT2D eigenvalue weighted by atomic mass is 9.96. The van der Waals surface area contributed by atoms with Crippen molar-refractivity contribution in [1.29, 1.82) is 0 Å². The summed E-state index contributed by atoms with van der Waals surface area (Å²) in [5, 5.41) is 21.3. The zero-order valence-electron chi connectivity index (χ0n) is 20.2. The summed E-state index contributed by atoms with van der Waals surface area (Å²) in [6, 6.07) is 5.55. The van der Waals surface area contributed by atoms with Gasteiger partial charge in [0.1, 0.15) is 0 Å². The van der Waals surface area contributed by atoms with Gasteiger partial charge in [-0.15, -0.1) is 20.4 Å². The van der Waals surface area contributed by atoms with Gasteiger partial charge < -0.3 is 14.1 Å². The number of morpholine rings is 1. The molecule has 36 heavy (non-hydrogen) atoms. The van der Waals surface area contributed by atoms with Crippen LogP contribution in [0, 0.1) is 6.92 Å². The number of aromatic nitrogens is 6. The molecule has 0 aliphatic carbocycles. The van der Waals surface area contributed by atoms with Gasteiger partial charge in [-0.1, -0.05) is 17.7 Å². The molecule has 4 heterocycles.